The second-order valence-corrected chi connectivity index (χ2v) is 4.38. The van der Waals surface area contributed by atoms with Crippen molar-refractivity contribution in [2.24, 2.45) is 0 Å². The second-order valence-electron chi connectivity index (χ2n) is 3.97. The number of amides is 2. The molecular weight excluding hydrogens is 268 g/mol. The molecule has 0 aliphatic carbocycles. The molecule has 0 saturated carbocycles. The van der Waals surface area contributed by atoms with Gasteiger partial charge >= 0.3 is 6.03 Å². The Morgan fingerprint density at radius 1 is 1.42 bits per heavy atom. The largest absolute Gasteiger partial charge is 0.340 e. The first-order chi connectivity index (χ1) is 9.06. The lowest BCUT2D eigenvalue weighted by atomic mass is 10.2. The van der Waals surface area contributed by atoms with Crippen LogP contribution in [0.3, 0.4) is 0 Å². The number of nitrogens with one attached hydrogen (secondary N) is 2. The number of rotatable bonds is 3. The van der Waals surface area contributed by atoms with Crippen molar-refractivity contribution in [3.05, 3.63) is 40.5 Å². The highest BCUT2D eigenvalue weighted by Gasteiger charge is 2.09. The highest BCUT2D eigenvalue weighted by Crippen LogP contribution is 2.24. The molecule has 2 rings (SSSR count). The number of carbonyl (C=O) groups excluding carboxylic acids is 1. The molecule has 1 aromatic carbocycles. The third-order valence-electron chi connectivity index (χ3n) is 2.44. The minimum Gasteiger partial charge on any atom is -0.340 e. The number of urea groups is 1. The number of carbonyl (C=O) groups is 1. The lowest BCUT2D eigenvalue weighted by Crippen LogP contribution is -2.29. The number of para-hydroxylation sites is 1. The van der Waals surface area contributed by atoms with Gasteiger partial charge in [-0.05, 0) is 18.6 Å². The summed E-state index contributed by atoms with van der Waals surface area (Å²) < 4.78 is 4.80. The predicted octanol–water partition coefficient (Wildman–Crippen LogP) is 2.66. The van der Waals surface area contributed by atoms with Crippen molar-refractivity contribution < 1.29 is 9.32 Å². The molecule has 7 heteroatoms. The third-order valence-corrected chi connectivity index (χ3v) is 2.75. The van der Waals surface area contributed by atoms with Gasteiger partial charge in [0.25, 0.3) is 0 Å². The smallest absolute Gasteiger partial charge is 0.319 e. The SMILES string of the molecule is Cc1nc(CNC(=O)Nc2c(C)cccc2Cl)no1. The van der Waals surface area contributed by atoms with Crippen molar-refractivity contribution in [3.63, 3.8) is 0 Å². The normalized spacial score (nSPS) is 10.3. The van der Waals surface area contributed by atoms with Gasteiger partial charge in [-0.1, -0.05) is 28.9 Å². The van der Waals surface area contributed by atoms with E-state index in [-0.39, 0.29) is 12.6 Å². The summed E-state index contributed by atoms with van der Waals surface area (Å²) in [7, 11) is 0. The van der Waals surface area contributed by atoms with Crippen LogP contribution in [0.4, 0.5) is 10.5 Å². The molecule has 1 heterocycles. The number of aromatic nitrogens is 2. The Hall–Kier alpha value is -2.08. The molecule has 0 fully saturated rings. The van der Waals surface area contributed by atoms with Gasteiger partial charge in [0, 0.05) is 6.92 Å². The van der Waals surface area contributed by atoms with E-state index in [1.807, 2.05) is 19.1 Å². The highest BCUT2D eigenvalue weighted by atomic mass is 35.5. The number of hydrogen-bond donors (Lipinski definition) is 2. The molecule has 0 spiro atoms. The minimum atomic E-state index is -0.376. The van der Waals surface area contributed by atoms with Crippen LogP contribution in [0.5, 0.6) is 0 Å². The molecule has 0 unspecified atom stereocenters. The molecule has 0 bridgehead atoms. The van der Waals surface area contributed by atoms with Gasteiger partial charge in [-0.25, -0.2) is 4.79 Å². The van der Waals surface area contributed by atoms with Crippen LogP contribution >= 0.6 is 11.6 Å². The monoisotopic (exact) mass is 280 g/mol. The van der Waals surface area contributed by atoms with Crippen LogP contribution in [0.1, 0.15) is 17.3 Å². The van der Waals surface area contributed by atoms with Crippen molar-refractivity contribution >= 4 is 23.3 Å². The Bertz CT molecular complexity index is 577. The molecule has 19 heavy (non-hydrogen) atoms. The third kappa shape index (κ3) is 3.45. The van der Waals surface area contributed by atoms with Crippen LogP contribution < -0.4 is 10.6 Å². The summed E-state index contributed by atoms with van der Waals surface area (Å²) >= 11 is 6.01. The Morgan fingerprint density at radius 3 is 2.84 bits per heavy atom. The van der Waals surface area contributed by atoms with Gasteiger partial charge in [-0.3, -0.25) is 0 Å². The Morgan fingerprint density at radius 2 is 2.21 bits per heavy atom. The summed E-state index contributed by atoms with van der Waals surface area (Å²) in [5.41, 5.74) is 1.48. The lowest BCUT2D eigenvalue weighted by molar-refractivity contribution is 0.251. The average molecular weight is 281 g/mol. The van der Waals surface area contributed by atoms with Crippen LogP contribution in [-0.2, 0) is 6.54 Å². The first-order valence-corrected chi connectivity index (χ1v) is 6.03. The fraction of sp³-hybridized carbons (Fsp3) is 0.250. The molecule has 0 saturated heterocycles. The fourth-order valence-corrected chi connectivity index (χ4v) is 1.79. The van der Waals surface area contributed by atoms with Crippen LogP contribution in [0.2, 0.25) is 5.02 Å². The van der Waals surface area contributed by atoms with Crippen LogP contribution in [0.25, 0.3) is 0 Å². The predicted molar refractivity (Wildman–Crippen MR) is 71.1 cm³/mol. The lowest BCUT2D eigenvalue weighted by Gasteiger charge is -2.10. The summed E-state index contributed by atoms with van der Waals surface area (Å²) in [6, 6.07) is 5.03. The number of anilines is 1. The molecule has 0 aliphatic heterocycles. The molecule has 0 radical (unpaired) electrons. The number of halogens is 1. The van der Waals surface area contributed by atoms with Gasteiger partial charge in [-0.2, -0.15) is 4.98 Å². The van der Waals surface area contributed by atoms with E-state index in [9.17, 15) is 4.79 Å². The van der Waals surface area contributed by atoms with E-state index in [4.69, 9.17) is 16.1 Å². The van der Waals surface area contributed by atoms with Gasteiger partial charge in [0.1, 0.15) is 0 Å². The summed E-state index contributed by atoms with van der Waals surface area (Å²) in [5.74, 6) is 0.877. The van der Waals surface area contributed by atoms with E-state index < -0.39 is 0 Å². The number of aryl methyl sites for hydroxylation is 2. The molecule has 1 aromatic heterocycles. The topological polar surface area (TPSA) is 80.0 Å². The number of nitrogens with zero attached hydrogens (tertiary/aromatic N) is 2. The van der Waals surface area contributed by atoms with E-state index in [1.54, 1.807) is 13.0 Å². The summed E-state index contributed by atoms with van der Waals surface area (Å²) in [4.78, 5) is 15.7. The molecule has 0 atom stereocenters. The summed E-state index contributed by atoms with van der Waals surface area (Å²) in [6.07, 6.45) is 0. The van der Waals surface area contributed by atoms with Gasteiger partial charge in [0.15, 0.2) is 5.82 Å². The Labute approximate surface area is 115 Å². The van der Waals surface area contributed by atoms with Crippen molar-refractivity contribution in [2.45, 2.75) is 20.4 Å². The van der Waals surface area contributed by atoms with E-state index in [0.717, 1.165) is 5.56 Å². The standard InChI is InChI=1S/C12H13ClN4O2/c1-7-4-3-5-9(13)11(7)16-12(18)14-6-10-15-8(2)19-17-10/h3-5H,6H2,1-2H3,(H2,14,16,18). The molecule has 6 nitrogen and oxygen atoms in total. The molecule has 0 aliphatic rings. The van der Waals surface area contributed by atoms with Gasteiger partial charge in [0.05, 0.1) is 17.3 Å². The Balaban J connectivity index is 1.94. The molecule has 100 valence electrons. The minimum absolute atomic E-state index is 0.187. The second kappa shape index (κ2) is 5.71. The first kappa shape index (κ1) is 13.4. The van der Waals surface area contributed by atoms with E-state index in [0.29, 0.717) is 22.4 Å². The zero-order valence-corrected chi connectivity index (χ0v) is 11.3. The maximum atomic E-state index is 11.7. The summed E-state index contributed by atoms with van der Waals surface area (Å²) in [5, 5.41) is 9.48. The zero-order valence-electron chi connectivity index (χ0n) is 10.5. The molecule has 2 aromatic rings. The molecular formula is C12H13ClN4O2. The van der Waals surface area contributed by atoms with Crippen LogP contribution in [0.15, 0.2) is 22.7 Å². The van der Waals surface area contributed by atoms with E-state index >= 15 is 0 Å². The van der Waals surface area contributed by atoms with Crippen molar-refractivity contribution in [3.8, 4) is 0 Å². The van der Waals surface area contributed by atoms with E-state index in [1.165, 1.54) is 0 Å². The molecule has 2 amide bonds. The van der Waals surface area contributed by atoms with Gasteiger partial charge in [0.2, 0.25) is 5.89 Å². The number of benzene rings is 1. The van der Waals surface area contributed by atoms with Gasteiger partial charge in [-0.15, -0.1) is 0 Å². The van der Waals surface area contributed by atoms with E-state index in [2.05, 4.69) is 20.8 Å². The van der Waals surface area contributed by atoms with Crippen LogP contribution in [0, 0.1) is 13.8 Å². The van der Waals surface area contributed by atoms with Crippen molar-refractivity contribution in [2.75, 3.05) is 5.32 Å². The van der Waals surface area contributed by atoms with Gasteiger partial charge < -0.3 is 15.2 Å². The maximum Gasteiger partial charge on any atom is 0.319 e. The zero-order chi connectivity index (χ0) is 13.8. The average Bonchev–Trinajstić information content (AvgIpc) is 2.77. The molecule has 2 N–H and O–H groups in total. The van der Waals surface area contributed by atoms with Crippen LogP contribution in [-0.4, -0.2) is 16.2 Å². The maximum absolute atomic E-state index is 11.7. The quantitative estimate of drug-likeness (QED) is 0.906. The summed E-state index contributed by atoms with van der Waals surface area (Å²) in [6.45, 7) is 3.74. The Kier molecular flexibility index (Phi) is 4.01. The van der Waals surface area contributed by atoms with Crippen molar-refractivity contribution in [1.82, 2.24) is 15.5 Å². The number of hydrogen-bond acceptors (Lipinski definition) is 4. The first-order valence-electron chi connectivity index (χ1n) is 5.65. The highest BCUT2D eigenvalue weighted by molar-refractivity contribution is 6.33. The fourth-order valence-electron chi connectivity index (χ4n) is 1.52. The van der Waals surface area contributed by atoms with Crippen molar-refractivity contribution in [1.29, 1.82) is 0 Å².